The van der Waals surface area contributed by atoms with E-state index in [0.29, 0.717) is 16.4 Å². The highest BCUT2D eigenvalue weighted by Crippen LogP contribution is 2.25. The molecule has 0 spiro atoms. The van der Waals surface area contributed by atoms with Crippen LogP contribution in [0.15, 0.2) is 41.7 Å². The number of thioether (sulfide) groups is 1. The summed E-state index contributed by atoms with van der Waals surface area (Å²) in [4.78, 5) is 8.26. The van der Waals surface area contributed by atoms with Gasteiger partial charge in [-0.05, 0) is 18.7 Å². The Balaban J connectivity index is 2.27. The number of aromatic nitrogens is 2. The van der Waals surface area contributed by atoms with E-state index in [2.05, 4.69) is 21.4 Å². The summed E-state index contributed by atoms with van der Waals surface area (Å²) in [6.07, 6.45) is 3.38. The normalized spacial score (nSPS) is 11.6. The number of anilines is 1. The van der Waals surface area contributed by atoms with Gasteiger partial charge in [-0.2, -0.15) is 5.26 Å². The molecule has 0 saturated heterocycles. The van der Waals surface area contributed by atoms with E-state index < -0.39 is 0 Å². The van der Waals surface area contributed by atoms with Crippen LogP contribution in [0.5, 0.6) is 0 Å². The summed E-state index contributed by atoms with van der Waals surface area (Å²) < 4.78 is 0. The van der Waals surface area contributed by atoms with Gasteiger partial charge in [-0.25, -0.2) is 9.97 Å². The molecular formula is C14H14N4S. The van der Waals surface area contributed by atoms with E-state index in [4.69, 9.17) is 0 Å². The standard InChI is InChI=1S/C14H14N4S/c1-10(11-6-4-3-5-7-11)18-13-12(8-15)14(19-2)17-9-16-13/h3-7,9-10H,1-2H3,(H,16,17,18). The number of nitrogens with zero attached hydrogens (tertiary/aromatic N) is 3. The van der Waals surface area contributed by atoms with Gasteiger partial charge >= 0.3 is 0 Å². The van der Waals surface area contributed by atoms with Gasteiger partial charge in [-0.3, -0.25) is 0 Å². The van der Waals surface area contributed by atoms with Gasteiger partial charge < -0.3 is 5.32 Å². The Morgan fingerprint density at radius 2 is 2.00 bits per heavy atom. The predicted octanol–water partition coefficient (Wildman–Crippen LogP) is 3.24. The van der Waals surface area contributed by atoms with Gasteiger partial charge in [0.15, 0.2) is 0 Å². The monoisotopic (exact) mass is 270 g/mol. The lowest BCUT2D eigenvalue weighted by atomic mass is 10.1. The zero-order valence-corrected chi connectivity index (χ0v) is 11.6. The minimum absolute atomic E-state index is 0.0814. The number of hydrogen-bond donors (Lipinski definition) is 1. The molecule has 1 heterocycles. The predicted molar refractivity (Wildman–Crippen MR) is 77.0 cm³/mol. The largest absolute Gasteiger partial charge is 0.362 e. The summed E-state index contributed by atoms with van der Waals surface area (Å²) in [6.45, 7) is 2.04. The fourth-order valence-electron chi connectivity index (χ4n) is 1.76. The van der Waals surface area contributed by atoms with Gasteiger partial charge in [-0.15, -0.1) is 11.8 Å². The second-order valence-corrected chi connectivity index (χ2v) is 4.79. The summed E-state index contributed by atoms with van der Waals surface area (Å²) in [7, 11) is 0. The Kier molecular flexibility index (Phi) is 4.37. The highest BCUT2D eigenvalue weighted by atomic mass is 32.2. The van der Waals surface area contributed by atoms with Crippen molar-refractivity contribution in [1.29, 1.82) is 5.26 Å². The van der Waals surface area contributed by atoms with Gasteiger partial charge in [0.05, 0.1) is 0 Å². The second-order valence-electron chi connectivity index (χ2n) is 4.00. The summed E-state index contributed by atoms with van der Waals surface area (Å²) in [5, 5.41) is 13.2. The van der Waals surface area contributed by atoms with Crippen molar-refractivity contribution < 1.29 is 0 Å². The Morgan fingerprint density at radius 1 is 1.26 bits per heavy atom. The lowest BCUT2D eigenvalue weighted by Crippen LogP contribution is -2.10. The van der Waals surface area contributed by atoms with Crippen LogP contribution in [0.1, 0.15) is 24.1 Å². The molecule has 2 rings (SSSR count). The molecule has 1 N–H and O–H groups in total. The number of nitriles is 1. The van der Waals surface area contributed by atoms with Crippen molar-refractivity contribution in [2.75, 3.05) is 11.6 Å². The van der Waals surface area contributed by atoms with Crippen molar-refractivity contribution >= 4 is 17.6 Å². The fraction of sp³-hybridized carbons (Fsp3) is 0.214. The Bertz CT molecular complexity index is 592. The minimum Gasteiger partial charge on any atom is -0.362 e. The Morgan fingerprint density at radius 3 is 2.63 bits per heavy atom. The summed E-state index contributed by atoms with van der Waals surface area (Å²) in [6, 6.07) is 12.3. The van der Waals surface area contributed by atoms with Crippen molar-refractivity contribution in [2.24, 2.45) is 0 Å². The van der Waals surface area contributed by atoms with E-state index in [9.17, 15) is 5.26 Å². The van der Waals surface area contributed by atoms with E-state index in [1.807, 2.05) is 43.5 Å². The molecule has 0 aliphatic rings. The van der Waals surface area contributed by atoms with Crippen LogP contribution < -0.4 is 5.32 Å². The number of nitrogens with one attached hydrogen (secondary N) is 1. The molecule has 0 fully saturated rings. The van der Waals surface area contributed by atoms with Gasteiger partial charge in [0.25, 0.3) is 0 Å². The maximum absolute atomic E-state index is 9.23. The third-order valence-corrected chi connectivity index (χ3v) is 3.47. The molecule has 1 aromatic carbocycles. The van der Waals surface area contributed by atoms with Crippen LogP contribution in [-0.2, 0) is 0 Å². The van der Waals surface area contributed by atoms with Crippen molar-refractivity contribution in [3.63, 3.8) is 0 Å². The van der Waals surface area contributed by atoms with Crippen LogP contribution in [0.3, 0.4) is 0 Å². The van der Waals surface area contributed by atoms with E-state index in [1.54, 1.807) is 0 Å². The van der Waals surface area contributed by atoms with E-state index in [1.165, 1.54) is 18.1 Å². The lowest BCUT2D eigenvalue weighted by Gasteiger charge is -2.16. The first-order valence-corrected chi connectivity index (χ1v) is 7.09. The first-order chi connectivity index (χ1) is 9.26. The molecule has 19 heavy (non-hydrogen) atoms. The van der Waals surface area contributed by atoms with Crippen LogP contribution in [-0.4, -0.2) is 16.2 Å². The SMILES string of the molecule is CSc1ncnc(NC(C)c2ccccc2)c1C#N. The van der Waals surface area contributed by atoms with Crippen LogP contribution in [0.4, 0.5) is 5.82 Å². The van der Waals surface area contributed by atoms with Gasteiger partial charge in [0.1, 0.15) is 28.8 Å². The molecule has 1 aromatic heterocycles. The van der Waals surface area contributed by atoms with Crippen LogP contribution in [0.2, 0.25) is 0 Å². The van der Waals surface area contributed by atoms with Crippen LogP contribution in [0, 0.1) is 11.3 Å². The van der Waals surface area contributed by atoms with Crippen molar-refractivity contribution in [3.05, 3.63) is 47.8 Å². The summed E-state index contributed by atoms with van der Waals surface area (Å²) in [5.74, 6) is 0.582. The van der Waals surface area contributed by atoms with Gasteiger partial charge in [0, 0.05) is 6.04 Å². The zero-order chi connectivity index (χ0) is 13.7. The van der Waals surface area contributed by atoms with Crippen molar-refractivity contribution in [1.82, 2.24) is 9.97 Å². The van der Waals surface area contributed by atoms with E-state index >= 15 is 0 Å². The highest BCUT2D eigenvalue weighted by molar-refractivity contribution is 7.98. The summed E-state index contributed by atoms with van der Waals surface area (Å²) in [5.41, 5.74) is 1.65. The second kappa shape index (κ2) is 6.21. The maximum Gasteiger partial charge on any atom is 0.149 e. The third-order valence-electron chi connectivity index (χ3n) is 2.77. The van der Waals surface area contributed by atoms with E-state index in [0.717, 1.165) is 5.56 Å². The fourth-order valence-corrected chi connectivity index (χ4v) is 2.26. The Hall–Kier alpha value is -2.06. The molecule has 0 aliphatic heterocycles. The molecule has 96 valence electrons. The molecule has 4 nitrogen and oxygen atoms in total. The number of hydrogen-bond acceptors (Lipinski definition) is 5. The average Bonchev–Trinajstić information content (AvgIpc) is 2.47. The number of benzene rings is 1. The quantitative estimate of drug-likeness (QED) is 0.682. The molecule has 1 atom stereocenters. The van der Waals surface area contributed by atoms with Gasteiger partial charge in [-0.1, -0.05) is 30.3 Å². The third kappa shape index (κ3) is 3.04. The zero-order valence-electron chi connectivity index (χ0n) is 10.8. The molecule has 2 aromatic rings. The smallest absolute Gasteiger partial charge is 0.149 e. The molecule has 1 unspecified atom stereocenters. The molecule has 5 heteroatoms. The van der Waals surface area contributed by atoms with Crippen molar-refractivity contribution in [3.8, 4) is 6.07 Å². The molecule has 0 amide bonds. The van der Waals surface area contributed by atoms with Crippen LogP contribution in [0.25, 0.3) is 0 Å². The number of rotatable bonds is 4. The lowest BCUT2D eigenvalue weighted by molar-refractivity contribution is 0.864. The maximum atomic E-state index is 9.23. The van der Waals surface area contributed by atoms with Crippen molar-refractivity contribution in [2.45, 2.75) is 18.0 Å². The molecule has 0 aliphatic carbocycles. The highest BCUT2D eigenvalue weighted by Gasteiger charge is 2.13. The summed E-state index contributed by atoms with van der Waals surface area (Å²) >= 11 is 1.44. The first kappa shape index (κ1) is 13.4. The van der Waals surface area contributed by atoms with Crippen LogP contribution >= 0.6 is 11.8 Å². The minimum atomic E-state index is 0.0814. The Labute approximate surface area is 116 Å². The average molecular weight is 270 g/mol. The van der Waals surface area contributed by atoms with E-state index in [-0.39, 0.29) is 6.04 Å². The van der Waals surface area contributed by atoms with Gasteiger partial charge in [0.2, 0.25) is 0 Å². The topological polar surface area (TPSA) is 61.6 Å². The first-order valence-electron chi connectivity index (χ1n) is 5.86. The molecule has 0 saturated carbocycles. The molecule has 0 radical (unpaired) electrons. The molecular weight excluding hydrogens is 256 g/mol. The molecule has 0 bridgehead atoms.